The van der Waals surface area contributed by atoms with Crippen LogP contribution in [-0.4, -0.2) is 0 Å². The molecule has 0 heterocycles. The maximum absolute atomic E-state index is 3.49. The summed E-state index contributed by atoms with van der Waals surface area (Å²) >= 11 is 0. The van der Waals surface area contributed by atoms with Gasteiger partial charge in [-0.05, 0) is 12.8 Å². The number of hydrogen-bond donors (Lipinski definition) is 0. The Kier molecular flexibility index (Phi) is 4.55. The first-order valence-corrected chi connectivity index (χ1v) is 5.60. The minimum atomic E-state index is 0. The minimum absolute atomic E-state index is 0. The van der Waals surface area contributed by atoms with Gasteiger partial charge >= 0.3 is 0 Å². The molecule has 0 saturated heterocycles. The summed E-state index contributed by atoms with van der Waals surface area (Å²) in [5, 5.41) is 0. The number of fused-ring (bicyclic) bond motifs is 1. The van der Waals surface area contributed by atoms with E-state index < -0.39 is 0 Å². The first kappa shape index (κ1) is 13.4. The van der Waals surface area contributed by atoms with Crippen molar-refractivity contribution < 1.29 is 32.7 Å². The van der Waals surface area contributed by atoms with Crippen LogP contribution in [-0.2, 0) is 45.6 Å². The molecule has 0 saturated carbocycles. The van der Waals surface area contributed by atoms with Crippen LogP contribution in [0.2, 0.25) is 0 Å². The topological polar surface area (TPSA) is 0 Å². The molecule has 15 heavy (non-hydrogen) atoms. The molecule has 1 radical (unpaired) electrons. The molecule has 0 fully saturated rings. The second-order valence-electron chi connectivity index (χ2n) is 4.81. The Morgan fingerprint density at radius 2 is 1.73 bits per heavy atom. The average molecular weight is 276 g/mol. The van der Waals surface area contributed by atoms with E-state index in [1.165, 1.54) is 36.0 Å². The van der Waals surface area contributed by atoms with Crippen molar-refractivity contribution >= 4 is 0 Å². The van der Waals surface area contributed by atoms with Gasteiger partial charge in [-0.25, -0.2) is 0 Å². The van der Waals surface area contributed by atoms with E-state index in [9.17, 15) is 0 Å². The summed E-state index contributed by atoms with van der Waals surface area (Å²) in [7, 11) is 0. The summed E-state index contributed by atoms with van der Waals surface area (Å²) in [6.45, 7) is 9.00. The van der Waals surface area contributed by atoms with Gasteiger partial charge in [0.1, 0.15) is 0 Å². The van der Waals surface area contributed by atoms with Crippen LogP contribution >= 0.6 is 0 Å². The van der Waals surface area contributed by atoms with Crippen molar-refractivity contribution in [2.24, 2.45) is 5.92 Å². The smallest absolute Gasteiger partial charge is 0 e. The molecule has 0 nitrogen and oxygen atoms in total. The molecule has 0 aliphatic heterocycles. The third-order valence-corrected chi connectivity index (χ3v) is 3.65. The molecule has 0 amide bonds. The monoisotopic (exact) mass is 276 g/mol. The van der Waals surface area contributed by atoms with Gasteiger partial charge in [0.2, 0.25) is 0 Å². The second-order valence-corrected chi connectivity index (χ2v) is 4.81. The van der Waals surface area contributed by atoms with Crippen molar-refractivity contribution in [2.45, 2.75) is 47.0 Å². The molecule has 0 aromatic heterocycles. The summed E-state index contributed by atoms with van der Waals surface area (Å²) in [6.07, 6.45) is 3.90. The van der Waals surface area contributed by atoms with Gasteiger partial charge in [-0.3, -0.25) is 0 Å². The number of benzene rings is 1. The Morgan fingerprint density at radius 3 is 2.40 bits per heavy atom. The van der Waals surface area contributed by atoms with Crippen LogP contribution in [0.3, 0.4) is 0 Å². The normalized spacial score (nSPS) is 19.3. The molecule has 1 atom stereocenters. The predicted octanol–water partition coefficient (Wildman–Crippen LogP) is 3.53. The molecule has 0 bridgehead atoms. The quantitative estimate of drug-likeness (QED) is 0.636. The number of aryl methyl sites for hydroxylation is 2. The maximum Gasteiger partial charge on any atom is 0 e. The third kappa shape index (κ3) is 2.53. The largest absolute Gasteiger partial charge is 0.177 e. The van der Waals surface area contributed by atoms with E-state index >= 15 is 0 Å². The van der Waals surface area contributed by atoms with Gasteiger partial charge in [0.15, 0.2) is 0 Å². The maximum atomic E-state index is 3.49. The van der Waals surface area contributed by atoms with E-state index in [0.717, 1.165) is 5.92 Å². The number of rotatable bonds is 0. The van der Waals surface area contributed by atoms with Gasteiger partial charge in [0.05, 0.1) is 0 Å². The fraction of sp³-hybridized carbons (Fsp3) is 0.571. The molecular formula is C14H19Y-. The molecule has 1 unspecified atom stereocenters. The molecule has 0 spiro atoms. The minimum Gasteiger partial charge on any atom is -0.177 e. The Labute approximate surface area is 119 Å². The summed E-state index contributed by atoms with van der Waals surface area (Å²) in [5.41, 5.74) is 7.42. The zero-order chi connectivity index (χ0) is 10.3. The van der Waals surface area contributed by atoms with Crippen LogP contribution < -0.4 is 0 Å². The van der Waals surface area contributed by atoms with E-state index in [0.29, 0.717) is 0 Å². The van der Waals surface area contributed by atoms with Gasteiger partial charge in [-0.1, -0.05) is 40.0 Å². The standard InChI is InChI=1S/C14H19.Y/c1-9-5-6-13-12(4)10(2)8-11(3)14(13)7-9;/h9H,5-7H2,1-4H3;/q-1;. The Morgan fingerprint density at radius 1 is 1.07 bits per heavy atom. The SMILES string of the molecule is Cc1[c-]c(C)c2c(c1C)CCC(C)C2.[Y]. The summed E-state index contributed by atoms with van der Waals surface area (Å²) < 4.78 is 0. The van der Waals surface area contributed by atoms with Gasteiger partial charge in [0.25, 0.3) is 0 Å². The van der Waals surface area contributed by atoms with Gasteiger partial charge in [-0.2, -0.15) is 28.3 Å². The summed E-state index contributed by atoms with van der Waals surface area (Å²) in [6, 6.07) is 3.49. The van der Waals surface area contributed by atoms with Gasteiger partial charge < -0.3 is 0 Å². The van der Waals surface area contributed by atoms with Crippen LogP contribution in [0.15, 0.2) is 0 Å². The van der Waals surface area contributed by atoms with Crippen LogP contribution in [0, 0.1) is 32.8 Å². The first-order chi connectivity index (χ1) is 6.59. The van der Waals surface area contributed by atoms with E-state index in [4.69, 9.17) is 0 Å². The molecule has 1 aliphatic carbocycles. The van der Waals surface area contributed by atoms with Crippen LogP contribution in [0.5, 0.6) is 0 Å². The Bertz CT molecular complexity index is 366. The fourth-order valence-corrected chi connectivity index (χ4v) is 2.59. The van der Waals surface area contributed by atoms with Crippen LogP contribution in [0.1, 0.15) is 41.2 Å². The van der Waals surface area contributed by atoms with Crippen molar-refractivity contribution in [3.05, 3.63) is 33.9 Å². The summed E-state index contributed by atoms with van der Waals surface area (Å²) in [4.78, 5) is 0. The molecule has 2 rings (SSSR count). The van der Waals surface area contributed by atoms with Gasteiger partial charge in [-0.15, -0.1) is 5.56 Å². The van der Waals surface area contributed by atoms with E-state index in [1.807, 2.05) is 0 Å². The average Bonchev–Trinajstić information content (AvgIpc) is 2.14. The molecule has 1 aromatic rings. The second kappa shape index (κ2) is 5.10. The first-order valence-electron chi connectivity index (χ1n) is 5.60. The molecule has 1 heteroatoms. The van der Waals surface area contributed by atoms with Crippen molar-refractivity contribution in [3.63, 3.8) is 0 Å². The van der Waals surface area contributed by atoms with Crippen molar-refractivity contribution in [1.82, 2.24) is 0 Å². The zero-order valence-electron chi connectivity index (χ0n) is 10.3. The summed E-state index contributed by atoms with van der Waals surface area (Å²) in [5.74, 6) is 0.858. The fourth-order valence-electron chi connectivity index (χ4n) is 2.59. The van der Waals surface area contributed by atoms with Crippen LogP contribution in [0.4, 0.5) is 0 Å². The molecular weight excluding hydrogens is 257 g/mol. The van der Waals surface area contributed by atoms with Crippen LogP contribution in [0.25, 0.3) is 0 Å². The Balaban J connectivity index is 0.00000112. The van der Waals surface area contributed by atoms with Crippen molar-refractivity contribution in [2.75, 3.05) is 0 Å². The number of hydrogen-bond acceptors (Lipinski definition) is 0. The molecule has 79 valence electrons. The van der Waals surface area contributed by atoms with Crippen molar-refractivity contribution in [1.29, 1.82) is 0 Å². The zero-order valence-corrected chi connectivity index (χ0v) is 13.1. The van der Waals surface area contributed by atoms with Gasteiger partial charge in [0, 0.05) is 32.7 Å². The van der Waals surface area contributed by atoms with Crippen molar-refractivity contribution in [3.8, 4) is 0 Å². The predicted molar refractivity (Wildman–Crippen MR) is 60.7 cm³/mol. The van der Waals surface area contributed by atoms with E-state index in [2.05, 4.69) is 33.8 Å². The molecule has 1 aliphatic rings. The molecule has 1 aromatic carbocycles. The third-order valence-electron chi connectivity index (χ3n) is 3.65. The van der Waals surface area contributed by atoms with E-state index in [1.54, 1.807) is 11.1 Å². The molecule has 0 N–H and O–H groups in total. The van der Waals surface area contributed by atoms with E-state index in [-0.39, 0.29) is 32.7 Å². The Hall–Kier alpha value is 0.324.